The maximum absolute atomic E-state index is 9.28. The van der Waals surface area contributed by atoms with E-state index in [0.29, 0.717) is 5.56 Å². The van der Waals surface area contributed by atoms with Crippen molar-refractivity contribution in [3.63, 3.8) is 0 Å². The average Bonchev–Trinajstić information content (AvgIpc) is 3.31. The van der Waals surface area contributed by atoms with Crippen molar-refractivity contribution >= 4 is 17.0 Å². The molecule has 3 aromatic heterocycles. The van der Waals surface area contributed by atoms with Crippen molar-refractivity contribution < 1.29 is 0 Å². The second-order valence-electron chi connectivity index (χ2n) is 7.61. The molecule has 30 heavy (non-hydrogen) atoms. The quantitative estimate of drug-likeness (QED) is 0.539. The summed E-state index contributed by atoms with van der Waals surface area (Å²) < 4.78 is 2.24. The largest absolute Gasteiger partial charge is 0.315 e. The summed E-state index contributed by atoms with van der Waals surface area (Å²) in [6, 6.07) is 18.9. The summed E-state index contributed by atoms with van der Waals surface area (Å²) in [5.41, 5.74) is 6.19. The molecule has 150 valence electrons. The molecule has 5 nitrogen and oxygen atoms in total. The maximum atomic E-state index is 9.28. The van der Waals surface area contributed by atoms with Crippen molar-refractivity contribution in [2.24, 2.45) is 0 Å². The van der Waals surface area contributed by atoms with E-state index in [4.69, 9.17) is 4.98 Å². The second-order valence-corrected chi connectivity index (χ2v) is 8.52. The molecule has 0 aliphatic carbocycles. The van der Waals surface area contributed by atoms with Crippen molar-refractivity contribution in [3.8, 4) is 27.8 Å². The molecule has 1 saturated heterocycles. The number of imidazole rings is 1. The summed E-state index contributed by atoms with van der Waals surface area (Å²) >= 11 is 1.59. The Balaban J connectivity index is 1.63. The van der Waals surface area contributed by atoms with Crippen LogP contribution in [0.2, 0.25) is 0 Å². The molecule has 4 heterocycles. The average molecular weight is 414 g/mol. The van der Waals surface area contributed by atoms with Gasteiger partial charge in [-0.05, 0) is 48.8 Å². The lowest BCUT2D eigenvalue weighted by molar-refractivity contribution is 0.281. The fourth-order valence-electron chi connectivity index (χ4n) is 4.03. The summed E-state index contributed by atoms with van der Waals surface area (Å²) in [7, 11) is 0. The summed E-state index contributed by atoms with van der Waals surface area (Å²) in [6.07, 6.45) is 3.35. The molecule has 1 aromatic carbocycles. The number of hydrogen-bond donors (Lipinski definition) is 1. The number of rotatable bonds is 4. The topological polar surface area (TPSA) is 56.4 Å². The molecule has 0 bridgehead atoms. The number of pyridine rings is 1. The van der Waals surface area contributed by atoms with Crippen LogP contribution in [0.1, 0.15) is 17.7 Å². The first-order valence-electron chi connectivity index (χ1n) is 10.3. The lowest BCUT2D eigenvalue weighted by atomic mass is 10.1. The van der Waals surface area contributed by atoms with Crippen LogP contribution in [0.15, 0.2) is 60.1 Å². The number of fused-ring (bicyclic) bond motifs is 1. The van der Waals surface area contributed by atoms with Gasteiger partial charge >= 0.3 is 0 Å². The first kappa shape index (κ1) is 19.0. The molecule has 0 amide bonds. The van der Waals surface area contributed by atoms with Gasteiger partial charge in [-0.15, -0.1) is 11.3 Å². The lowest BCUT2D eigenvalue weighted by Gasteiger charge is -2.20. The van der Waals surface area contributed by atoms with Crippen LogP contribution in [0.5, 0.6) is 0 Å². The summed E-state index contributed by atoms with van der Waals surface area (Å²) in [5.74, 6) is 0. The number of thiophene rings is 1. The minimum absolute atomic E-state index is 0.696. The molecule has 1 N–H and O–H groups in total. The smallest absolute Gasteiger partial charge is 0.137 e. The minimum Gasteiger partial charge on any atom is -0.315 e. The SMILES string of the molecule is N#Cc1csc(-c2nc3ccc(-c4ccccc4)cn3c2CN2CCCNCC2)c1. The van der Waals surface area contributed by atoms with Gasteiger partial charge in [-0.1, -0.05) is 30.3 Å². The zero-order valence-corrected chi connectivity index (χ0v) is 17.5. The van der Waals surface area contributed by atoms with Gasteiger partial charge in [-0.25, -0.2) is 4.98 Å². The van der Waals surface area contributed by atoms with Gasteiger partial charge < -0.3 is 9.72 Å². The first-order valence-corrected chi connectivity index (χ1v) is 11.2. The Morgan fingerprint density at radius 1 is 1.07 bits per heavy atom. The molecule has 0 atom stereocenters. The number of aromatic nitrogens is 2. The lowest BCUT2D eigenvalue weighted by Crippen LogP contribution is -2.28. The van der Waals surface area contributed by atoms with E-state index < -0.39 is 0 Å². The van der Waals surface area contributed by atoms with Gasteiger partial charge in [-0.3, -0.25) is 4.90 Å². The standard InChI is InChI=1S/C24H23N5S/c25-14-18-13-22(30-17-18)24-21(16-28-11-4-9-26-10-12-28)29-15-20(7-8-23(29)27-24)19-5-2-1-3-6-19/h1-3,5-8,13,15,17,26H,4,9-12,16H2. The molecular weight excluding hydrogens is 390 g/mol. The third kappa shape index (κ3) is 3.75. The molecule has 4 aromatic rings. The van der Waals surface area contributed by atoms with E-state index in [-0.39, 0.29) is 0 Å². The molecule has 0 saturated carbocycles. The van der Waals surface area contributed by atoms with Crippen LogP contribution >= 0.6 is 11.3 Å². The van der Waals surface area contributed by atoms with Crippen molar-refractivity contribution in [1.29, 1.82) is 5.26 Å². The van der Waals surface area contributed by atoms with Crippen LogP contribution in [-0.4, -0.2) is 40.5 Å². The van der Waals surface area contributed by atoms with E-state index in [9.17, 15) is 5.26 Å². The molecule has 6 heteroatoms. The molecule has 5 rings (SSSR count). The number of hydrogen-bond acceptors (Lipinski definition) is 5. The van der Waals surface area contributed by atoms with Crippen LogP contribution in [0.4, 0.5) is 0 Å². The van der Waals surface area contributed by atoms with Crippen LogP contribution < -0.4 is 5.32 Å². The number of nitriles is 1. The van der Waals surface area contributed by atoms with E-state index in [1.54, 1.807) is 11.3 Å². The highest BCUT2D eigenvalue weighted by molar-refractivity contribution is 7.13. The summed E-state index contributed by atoms with van der Waals surface area (Å²) in [6.45, 7) is 5.03. The maximum Gasteiger partial charge on any atom is 0.137 e. The normalized spacial score (nSPS) is 15.2. The minimum atomic E-state index is 0.696. The Kier molecular flexibility index (Phi) is 5.33. The fraction of sp³-hybridized carbons (Fsp3) is 0.250. The molecule has 0 unspecified atom stereocenters. The van der Waals surface area contributed by atoms with Gasteiger partial charge in [0.25, 0.3) is 0 Å². The van der Waals surface area contributed by atoms with Crippen LogP contribution in [-0.2, 0) is 6.54 Å². The fourth-order valence-corrected chi connectivity index (χ4v) is 4.88. The van der Waals surface area contributed by atoms with E-state index in [2.05, 4.69) is 63.3 Å². The molecular formula is C24H23N5S. The highest BCUT2D eigenvalue weighted by Crippen LogP contribution is 2.32. The Morgan fingerprint density at radius 2 is 1.97 bits per heavy atom. The number of nitrogens with one attached hydrogen (secondary N) is 1. The van der Waals surface area contributed by atoms with Gasteiger partial charge in [-0.2, -0.15) is 5.26 Å². The molecule has 1 aliphatic rings. The second kappa shape index (κ2) is 8.41. The van der Waals surface area contributed by atoms with Gasteiger partial charge in [0.2, 0.25) is 0 Å². The Labute approximate surface area is 180 Å². The van der Waals surface area contributed by atoms with E-state index in [0.717, 1.165) is 55.4 Å². The van der Waals surface area contributed by atoms with Crippen LogP contribution in [0.25, 0.3) is 27.3 Å². The highest BCUT2D eigenvalue weighted by atomic mass is 32.1. The van der Waals surface area contributed by atoms with Crippen molar-refractivity contribution in [2.75, 3.05) is 26.2 Å². The van der Waals surface area contributed by atoms with E-state index in [1.165, 1.54) is 16.8 Å². The number of benzene rings is 1. The Hall–Kier alpha value is -2.98. The predicted molar refractivity (Wildman–Crippen MR) is 121 cm³/mol. The third-order valence-electron chi connectivity index (χ3n) is 5.59. The van der Waals surface area contributed by atoms with Gasteiger partial charge in [0, 0.05) is 31.2 Å². The van der Waals surface area contributed by atoms with Crippen molar-refractivity contribution in [3.05, 3.63) is 71.4 Å². The van der Waals surface area contributed by atoms with Gasteiger partial charge in [0.15, 0.2) is 0 Å². The van der Waals surface area contributed by atoms with Crippen molar-refractivity contribution in [2.45, 2.75) is 13.0 Å². The Bertz CT molecular complexity index is 1190. The van der Waals surface area contributed by atoms with Crippen molar-refractivity contribution in [1.82, 2.24) is 19.6 Å². The predicted octanol–water partition coefficient (Wildman–Crippen LogP) is 4.40. The molecule has 0 radical (unpaired) electrons. The number of nitrogens with zero attached hydrogens (tertiary/aromatic N) is 4. The molecule has 1 aliphatic heterocycles. The summed E-state index contributed by atoms with van der Waals surface area (Å²) in [5, 5.41) is 14.7. The van der Waals surface area contributed by atoms with Gasteiger partial charge in [0.1, 0.15) is 17.4 Å². The highest BCUT2D eigenvalue weighted by Gasteiger charge is 2.20. The summed E-state index contributed by atoms with van der Waals surface area (Å²) in [4.78, 5) is 8.53. The van der Waals surface area contributed by atoms with Gasteiger partial charge in [0.05, 0.1) is 16.1 Å². The Morgan fingerprint density at radius 3 is 2.80 bits per heavy atom. The van der Waals surface area contributed by atoms with E-state index in [1.807, 2.05) is 17.5 Å². The third-order valence-corrected chi connectivity index (χ3v) is 6.53. The van der Waals surface area contributed by atoms with E-state index >= 15 is 0 Å². The zero-order chi connectivity index (χ0) is 20.3. The van der Waals surface area contributed by atoms with Crippen LogP contribution in [0, 0.1) is 11.3 Å². The monoisotopic (exact) mass is 413 g/mol. The van der Waals surface area contributed by atoms with Crippen LogP contribution in [0.3, 0.4) is 0 Å². The zero-order valence-electron chi connectivity index (χ0n) is 16.7. The first-order chi connectivity index (χ1) is 14.8. The molecule has 1 fully saturated rings. The molecule has 0 spiro atoms.